The Morgan fingerprint density at radius 1 is 1.16 bits per heavy atom. The summed E-state index contributed by atoms with van der Waals surface area (Å²) in [7, 11) is 1.51. The molecule has 0 spiro atoms. The molecule has 0 aromatic heterocycles. The summed E-state index contributed by atoms with van der Waals surface area (Å²) >= 11 is 5.91. The van der Waals surface area contributed by atoms with Gasteiger partial charge in [-0.2, -0.15) is 5.10 Å². The van der Waals surface area contributed by atoms with Crippen LogP contribution in [0.1, 0.15) is 16.7 Å². The zero-order valence-corrected chi connectivity index (χ0v) is 14.6. The normalized spacial score (nSPS) is 10.5. The summed E-state index contributed by atoms with van der Waals surface area (Å²) in [6, 6.07) is 12.6. The van der Waals surface area contributed by atoms with E-state index in [2.05, 4.69) is 15.8 Å². The van der Waals surface area contributed by atoms with Crippen LogP contribution in [0.15, 0.2) is 47.6 Å². The predicted molar refractivity (Wildman–Crippen MR) is 96.8 cm³/mol. The molecule has 0 aliphatic heterocycles. The standard InChI is InChI=1S/C18H18ClN3O3/c1-12-3-5-13(6-4-12)10-20-17(23)18(24)22-21-11-14-9-15(19)7-8-16(14)25-2/h3-9,11H,10H2,1-2H3,(H,20,23)(H,22,24)/b21-11-. The first-order valence-electron chi connectivity index (χ1n) is 7.50. The number of nitrogens with one attached hydrogen (secondary N) is 2. The molecule has 6 nitrogen and oxygen atoms in total. The molecule has 0 radical (unpaired) electrons. The van der Waals surface area contributed by atoms with Crippen molar-refractivity contribution in [3.63, 3.8) is 0 Å². The molecule has 0 saturated carbocycles. The number of methoxy groups -OCH3 is 1. The Bertz CT molecular complexity index is 789. The molecule has 2 rings (SSSR count). The van der Waals surface area contributed by atoms with Crippen molar-refractivity contribution in [2.24, 2.45) is 5.10 Å². The molecule has 0 fully saturated rings. The Labute approximate surface area is 150 Å². The van der Waals surface area contributed by atoms with Crippen molar-refractivity contribution in [2.75, 3.05) is 7.11 Å². The van der Waals surface area contributed by atoms with E-state index in [9.17, 15) is 9.59 Å². The van der Waals surface area contributed by atoms with E-state index in [0.717, 1.165) is 11.1 Å². The third-order valence-corrected chi connectivity index (χ3v) is 3.58. The summed E-state index contributed by atoms with van der Waals surface area (Å²) in [5.41, 5.74) is 4.77. The van der Waals surface area contributed by atoms with Crippen LogP contribution in [0.2, 0.25) is 5.02 Å². The zero-order chi connectivity index (χ0) is 18.2. The van der Waals surface area contributed by atoms with Gasteiger partial charge in [-0.1, -0.05) is 41.4 Å². The molecule has 0 saturated heterocycles. The lowest BCUT2D eigenvalue weighted by Crippen LogP contribution is -2.37. The lowest BCUT2D eigenvalue weighted by molar-refractivity contribution is -0.139. The maximum atomic E-state index is 11.8. The number of halogens is 1. The van der Waals surface area contributed by atoms with Crippen LogP contribution in [0.4, 0.5) is 0 Å². The summed E-state index contributed by atoms with van der Waals surface area (Å²) in [5.74, 6) is -1.08. The summed E-state index contributed by atoms with van der Waals surface area (Å²) < 4.78 is 5.16. The highest BCUT2D eigenvalue weighted by Gasteiger charge is 2.12. The molecule has 2 amide bonds. The largest absolute Gasteiger partial charge is 0.496 e. The fraction of sp³-hybridized carbons (Fsp3) is 0.167. The molecule has 0 aliphatic carbocycles. The second kappa shape index (κ2) is 8.84. The van der Waals surface area contributed by atoms with E-state index in [4.69, 9.17) is 16.3 Å². The smallest absolute Gasteiger partial charge is 0.329 e. The highest BCUT2D eigenvalue weighted by Crippen LogP contribution is 2.20. The number of hydrazone groups is 1. The first-order valence-corrected chi connectivity index (χ1v) is 7.87. The fourth-order valence-corrected chi connectivity index (χ4v) is 2.17. The van der Waals surface area contributed by atoms with Gasteiger partial charge >= 0.3 is 11.8 Å². The van der Waals surface area contributed by atoms with Crippen LogP contribution in [-0.2, 0) is 16.1 Å². The molecule has 0 bridgehead atoms. The zero-order valence-electron chi connectivity index (χ0n) is 13.9. The maximum absolute atomic E-state index is 11.8. The lowest BCUT2D eigenvalue weighted by Gasteiger charge is -2.05. The number of carbonyl (C=O) groups excluding carboxylic acids is 2. The second-order valence-electron chi connectivity index (χ2n) is 5.25. The van der Waals surface area contributed by atoms with Crippen LogP contribution in [0.5, 0.6) is 5.75 Å². The third-order valence-electron chi connectivity index (χ3n) is 3.34. The van der Waals surface area contributed by atoms with E-state index in [1.165, 1.54) is 13.3 Å². The van der Waals surface area contributed by atoms with Gasteiger partial charge in [0.15, 0.2) is 0 Å². The Morgan fingerprint density at radius 3 is 2.56 bits per heavy atom. The average Bonchev–Trinajstić information content (AvgIpc) is 2.61. The molecular weight excluding hydrogens is 342 g/mol. The molecule has 2 aromatic rings. The van der Waals surface area contributed by atoms with Gasteiger partial charge in [-0.15, -0.1) is 0 Å². The topological polar surface area (TPSA) is 79.8 Å². The minimum absolute atomic E-state index is 0.262. The maximum Gasteiger partial charge on any atom is 0.329 e. The Balaban J connectivity index is 1.87. The molecule has 0 unspecified atom stereocenters. The van der Waals surface area contributed by atoms with Crippen molar-refractivity contribution in [1.82, 2.24) is 10.7 Å². The van der Waals surface area contributed by atoms with Gasteiger partial charge in [0.25, 0.3) is 0 Å². The summed E-state index contributed by atoms with van der Waals surface area (Å²) in [4.78, 5) is 23.5. The van der Waals surface area contributed by atoms with E-state index in [1.807, 2.05) is 31.2 Å². The Morgan fingerprint density at radius 2 is 1.88 bits per heavy atom. The van der Waals surface area contributed by atoms with Crippen molar-refractivity contribution in [3.8, 4) is 5.75 Å². The van der Waals surface area contributed by atoms with Crippen LogP contribution < -0.4 is 15.5 Å². The van der Waals surface area contributed by atoms with Crippen LogP contribution in [0.3, 0.4) is 0 Å². The number of nitrogens with zero attached hydrogens (tertiary/aromatic N) is 1. The molecule has 130 valence electrons. The van der Waals surface area contributed by atoms with E-state index in [1.54, 1.807) is 18.2 Å². The number of ether oxygens (including phenoxy) is 1. The number of carbonyl (C=O) groups is 2. The molecule has 0 aliphatic rings. The van der Waals surface area contributed by atoms with Crippen LogP contribution in [0, 0.1) is 6.92 Å². The van der Waals surface area contributed by atoms with Crippen molar-refractivity contribution in [2.45, 2.75) is 13.5 Å². The van der Waals surface area contributed by atoms with Crippen LogP contribution in [0.25, 0.3) is 0 Å². The van der Waals surface area contributed by atoms with Gasteiger partial charge in [0.2, 0.25) is 0 Å². The fourth-order valence-electron chi connectivity index (χ4n) is 1.99. The predicted octanol–water partition coefficient (Wildman–Crippen LogP) is 2.42. The van der Waals surface area contributed by atoms with Gasteiger partial charge in [-0.25, -0.2) is 5.43 Å². The van der Waals surface area contributed by atoms with Gasteiger partial charge < -0.3 is 10.1 Å². The van der Waals surface area contributed by atoms with Gasteiger partial charge in [0.1, 0.15) is 5.75 Å². The second-order valence-corrected chi connectivity index (χ2v) is 5.69. The minimum atomic E-state index is -0.857. The van der Waals surface area contributed by atoms with Gasteiger partial charge in [-0.3, -0.25) is 9.59 Å². The monoisotopic (exact) mass is 359 g/mol. The molecule has 0 heterocycles. The first kappa shape index (κ1) is 18.5. The average molecular weight is 360 g/mol. The Kier molecular flexibility index (Phi) is 6.54. The number of aryl methyl sites for hydroxylation is 1. The number of hydrogen-bond acceptors (Lipinski definition) is 4. The van der Waals surface area contributed by atoms with Gasteiger partial charge in [0, 0.05) is 17.1 Å². The molecule has 0 atom stereocenters. The highest BCUT2D eigenvalue weighted by molar-refractivity contribution is 6.35. The summed E-state index contributed by atoms with van der Waals surface area (Å²) in [6.07, 6.45) is 1.36. The van der Waals surface area contributed by atoms with E-state index in [-0.39, 0.29) is 6.54 Å². The number of benzene rings is 2. The van der Waals surface area contributed by atoms with E-state index in [0.29, 0.717) is 16.3 Å². The Hall–Kier alpha value is -2.86. The van der Waals surface area contributed by atoms with Crippen molar-refractivity contribution < 1.29 is 14.3 Å². The molecule has 25 heavy (non-hydrogen) atoms. The minimum Gasteiger partial charge on any atom is -0.496 e. The van der Waals surface area contributed by atoms with Gasteiger partial charge in [0.05, 0.1) is 13.3 Å². The molecular formula is C18H18ClN3O3. The molecule has 2 aromatic carbocycles. The summed E-state index contributed by atoms with van der Waals surface area (Å²) in [6.45, 7) is 2.24. The first-order chi connectivity index (χ1) is 12.0. The lowest BCUT2D eigenvalue weighted by atomic mass is 10.1. The van der Waals surface area contributed by atoms with Crippen LogP contribution >= 0.6 is 11.6 Å². The SMILES string of the molecule is COc1ccc(Cl)cc1/C=N\NC(=O)C(=O)NCc1ccc(C)cc1. The number of hydrogen-bond donors (Lipinski definition) is 2. The van der Waals surface area contributed by atoms with Crippen molar-refractivity contribution in [3.05, 3.63) is 64.2 Å². The number of amides is 2. The highest BCUT2D eigenvalue weighted by atomic mass is 35.5. The quantitative estimate of drug-likeness (QED) is 0.489. The van der Waals surface area contributed by atoms with E-state index >= 15 is 0 Å². The van der Waals surface area contributed by atoms with Crippen LogP contribution in [-0.4, -0.2) is 25.1 Å². The van der Waals surface area contributed by atoms with Crippen molar-refractivity contribution >= 4 is 29.6 Å². The van der Waals surface area contributed by atoms with E-state index < -0.39 is 11.8 Å². The van der Waals surface area contributed by atoms with Crippen molar-refractivity contribution in [1.29, 1.82) is 0 Å². The molecule has 7 heteroatoms. The van der Waals surface area contributed by atoms with Gasteiger partial charge in [-0.05, 0) is 30.7 Å². The number of rotatable bonds is 5. The summed E-state index contributed by atoms with van der Waals surface area (Å²) in [5, 5.41) is 6.79. The molecule has 2 N–H and O–H groups in total. The third kappa shape index (κ3) is 5.61.